The molecule has 0 bridgehead atoms. The van der Waals surface area contributed by atoms with Gasteiger partial charge in [-0.1, -0.05) is 0 Å². The molecule has 2 rings (SSSR count). The van der Waals surface area contributed by atoms with Gasteiger partial charge in [-0.3, -0.25) is 4.79 Å². The molecule has 5 nitrogen and oxygen atoms in total. The van der Waals surface area contributed by atoms with Crippen molar-refractivity contribution in [3.8, 4) is 0 Å². The van der Waals surface area contributed by atoms with Crippen molar-refractivity contribution < 1.29 is 14.7 Å². The van der Waals surface area contributed by atoms with Crippen LogP contribution in [0.25, 0.3) is 0 Å². The number of nitrogens with zero attached hydrogens (tertiary/aromatic N) is 2. The van der Waals surface area contributed by atoms with Crippen LogP contribution >= 0.6 is 11.8 Å². The topological polar surface area (TPSA) is 60.9 Å². The van der Waals surface area contributed by atoms with Gasteiger partial charge in [-0.2, -0.15) is 11.8 Å². The molecule has 6 heteroatoms. The van der Waals surface area contributed by atoms with Crippen LogP contribution < -0.4 is 0 Å². The average Bonchev–Trinajstić information content (AvgIpc) is 3.11. The zero-order valence-electron chi connectivity index (χ0n) is 10.7. The normalized spacial score (nSPS) is 23.8. The Morgan fingerprint density at radius 3 is 2.72 bits per heavy atom. The first-order valence-corrected chi connectivity index (χ1v) is 7.58. The molecule has 0 radical (unpaired) electrons. The smallest absolute Gasteiger partial charge is 0.323 e. The third-order valence-corrected chi connectivity index (χ3v) is 4.57. The van der Waals surface area contributed by atoms with Crippen LogP contribution in [0.15, 0.2) is 0 Å². The van der Waals surface area contributed by atoms with Gasteiger partial charge in [0.25, 0.3) is 0 Å². The van der Waals surface area contributed by atoms with Gasteiger partial charge in [-0.15, -0.1) is 0 Å². The van der Waals surface area contributed by atoms with Crippen molar-refractivity contribution in [1.29, 1.82) is 0 Å². The van der Waals surface area contributed by atoms with Gasteiger partial charge in [-0.25, -0.2) is 4.79 Å². The minimum atomic E-state index is -0.928. The van der Waals surface area contributed by atoms with Gasteiger partial charge in [0.1, 0.15) is 6.54 Å². The lowest BCUT2D eigenvalue weighted by molar-refractivity contribution is -0.137. The van der Waals surface area contributed by atoms with Crippen LogP contribution in [-0.4, -0.2) is 64.1 Å². The maximum atomic E-state index is 12.4. The summed E-state index contributed by atoms with van der Waals surface area (Å²) in [5, 5.41) is 8.91. The minimum absolute atomic E-state index is 0.0999. The molecule has 1 saturated heterocycles. The van der Waals surface area contributed by atoms with Gasteiger partial charge in [0.15, 0.2) is 0 Å². The third-order valence-electron chi connectivity index (χ3n) is 3.39. The Bertz CT molecular complexity index is 333. The number of hydrogen-bond acceptors (Lipinski definition) is 3. The number of rotatable bonds is 4. The molecule has 0 aromatic heterocycles. The fourth-order valence-corrected chi connectivity index (χ4v) is 3.19. The molecule has 1 unspecified atom stereocenters. The second kappa shape index (κ2) is 5.82. The lowest BCUT2D eigenvalue weighted by Gasteiger charge is -2.36. The molecule has 1 atom stereocenters. The highest BCUT2D eigenvalue weighted by atomic mass is 32.2. The van der Waals surface area contributed by atoms with Gasteiger partial charge in [0.05, 0.1) is 0 Å². The number of urea groups is 1. The van der Waals surface area contributed by atoms with E-state index in [2.05, 4.69) is 0 Å². The Hall–Kier alpha value is -0.910. The Morgan fingerprint density at radius 2 is 2.17 bits per heavy atom. The summed E-state index contributed by atoms with van der Waals surface area (Å²) in [6, 6.07) is 0.101. The van der Waals surface area contributed by atoms with E-state index in [4.69, 9.17) is 5.11 Å². The summed E-state index contributed by atoms with van der Waals surface area (Å²) in [5.74, 6) is 1.47. The summed E-state index contributed by atoms with van der Waals surface area (Å²) >= 11 is 1.85. The van der Waals surface area contributed by atoms with Crippen LogP contribution in [0.1, 0.15) is 19.8 Å². The van der Waals surface area contributed by atoms with E-state index >= 15 is 0 Å². The molecule has 2 amide bonds. The number of carboxylic acid groups (broad SMARTS) is 1. The van der Waals surface area contributed by atoms with Crippen LogP contribution in [-0.2, 0) is 4.79 Å². The second-order valence-corrected chi connectivity index (χ2v) is 6.27. The summed E-state index contributed by atoms with van der Waals surface area (Å²) in [7, 11) is 0. The molecule has 1 aliphatic carbocycles. The van der Waals surface area contributed by atoms with Crippen molar-refractivity contribution in [2.45, 2.75) is 25.8 Å². The first-order chi connectivity index (χ1) is 8.58. The highest BCUT2D eigenvalue weighted by Crippen LogP contribution is 2.30. The predicted octanol–water partition coefficient (Wildman–Crippen LogP) is 1.34. The third kappa shape index (κ3) is 3.54. The zero-order chi connectivity index (χ0) is 13.1. The van der Waals surface area contributed by atoms with E-state index in [-0.39, 0.29) is 18.6 Å². The molecule has 18 heavy (non-hydrogen) atoms. The van der Waals surface area contributed by atoms with Crippen molar-refractivity contribution in [2.75, 3.05) is 31.1 Å². The number of aliphatic carboxylic acids is 1. The molecule has 2 fully saturated rings. The Morgan fingerprint density at radius 1 is 1.44 bits per heavy atom. The molecule has 2 aliphatic rings. The fraction of sp³-hybridized carbons (Fsp3) is 0.833. The van der Waals surface area contributed by atoms with E-state index < -0.39 is 5.97 Å². The Labute approximate surface area is 112 Å². The SMILES string of the molecule is CC1CSCCN1C(=O)N(CC(=O)O)CC1CC1. The van der Waals surface area contributed by atoms with Gasteiger partial charge in [0, 0.05) is 30.6 Å². The lowest BCUT2D eigenvalue weighted by atomic mass is 10.3. The fourth-order valence-electron chi connectivity index (χ4n) is 2.18. The first-order valence-electron chi connectivity index (χ1n) is 6.43. The van der Waals surface area contributed by atoms with Crippen molar-refractivity contribution >= 4 is 23.8 Å². The van der Waals surface area contributed by atoms with Gasteiger partial charge >= 0.3 is 12.0 Å². The van der Waals surface area contributed by atoms with E-state index in [0.29, 0.717) is 12.5 Å². The maximum Gasteiger partial charge on any atom is 0.323 e. The summed E-state index contributed by atoms with van der Waals surface area (Å²) < 4.78 is 0. The molecule has 1 saturated carbocycles. The summed E-state index contributed by atoms with van der Waals surface area (Å²) in [5.41, 5.74) is 0. The number of carboxylic acids is 1. The average molecular weight is 272 g/mol. The largest absolute Gasteiger partial charge is 0.480 e. The van der Waals surface area contributed by atoms with Crippen molar-refractivity contribution in [2.24, 2.45) is 5.92 Å². The molecule has 1 heterocycles. The van der Waals surface area contributed by atoms with Crippen LogP contribution in [0.5, 0.6) is 0 Å². The summed E-state index contributed by atoms with van der Waals surface area (Å²) in [6.07, 6.45) is 2.24. The standard InChI is InChI=1S/C12H20N2O3S/c1-9-8-18-5-4-14(9)12(17)13(7-11(15)16)6-10-2-3-10/h9-10H,2-8H2,1H3,(H,15,16). The Balaban J connectivity index is 1.98. The highest BCUT2D eigenvalue weighted by molar-refractivity contribution is 7.99. The van der Waals surface area contributed by atoms with E-state index in [9.17, 15) is 9.59 Å². The molecule has 0 aromatic rings. The minimum Gasteiger partial charge on any atom is -0.480 e. The van der Waals surface area contributed by atoms with Crippen LogP contribution in [0.2, 0.25) is 0 Å². The number of carbonyl (C=O) groups is 2. The molecular weight excluding hydrogens is 252 g/mol. The number of thioether (sulfide) groups is 1. The summed E-state index contributed by atoms with van der Waals surface area (Å²) in [6.45, 7) is 3.18. The van der Waals surface area contributed by atoms with Crippen molar-refractivity contribution in [3.05, 3.63) is 0 Å². The van der Waals surface area contributed by atoms with E-state index in [1.165, 1.54) is 4.90 Å². The van der Waals surface area contributed by atoms with Crippen LogP contribution in [0, 0.1) is 5.92 Å². The molecule has 1 aliphatic heterocycles. The van der Waals surface area contributed by atoms with Gasteiger partial charge in [0.2, 0.25) is 0 Å². The zero-order valence-corrected chi connectivity index (χ0v) is 11.5. The predicted molar refractivity (Wildman–Crippen MR) is 70.8 cm³/mol. The van der Waals surface area contributed by atoms with Crippen molar-refractivity contribution in [1.82, 2.24) is 9.80 Å². The molecule has 0 aromatic carbocycles. The first kappa shape index (κ1) is 13.5. The molecule has 1 N–H and O–H groups in total. The number of carbonyl (C=O) groups excluding carboxylic acids is 1. The Kier molecular flexibility index (Phi) is 4.37. The highest BCUT2D eigenvalue weighted by Gasteiger charge is 2.32. The van der Waals surface area contributed by atoms with Crippen molar-refractivity contribution in [3.63, 3.8) is 0 Å². The summed E-state index contributed by atoms with van der Waals surface area (Å²) in [4.78, 5) is 26.6. The molecular formula is C12H20N2O3S. The van der Waals surface area contributed by atoms with Gasteiger partial charge in [-0.05, 0) is 25.7 Å². The molecule has 0 spiro atoms. The van der Waals surface area contributed by atoms with E-state index in [1.807, 2.05) is 23.6 Å². The van der Waals surface area contributed by atoms with Crippen LogP contribution in [0.4, 0.5) is 4.79 Å². The number of amides is 2. The second-order valence-electron chi connectivity index (χ2n) is 5.12. The quantitative estimate of drug-likeness (QED) is 0.839. The van der Waals surface area contributed by atoms with Crippen LogP contribution in [0.3, 0.4) is 0 Å². The maximum absolute atomic E-state index is 12.4. The van der Waals surface area contributed by atoms with E-state index in [0.717, 1.165) is 30.9 Å². The lowest BCUT2D eigenvalue weighted by Crippen LogP contribution is -2.52. The molecule has 102 valence electrons. The van der Waals surface area contributed by atoms with Gasteiger partial charge < -0.3 is 14.9 Å². The monoisotopic (exact) mass is 272 g/mol. The number of hydrogen-bond donors (Lipinski definition) is 1. The van der Waals surface area contributed by atoms with E-state index in [1.54, 1.807) is 0 Å².